The van der Waals surface area contributed by atoms with Gasteiger partial charge in [-0.2, -0.15) is 9.29 Å². The summed E-state index contributed by atoms with van der Waals surface area (Å²) in [7, 11) is -3.60. The Hall–Kier alpha value is -2.66. The van der Waals surface area contributed by atoms with E-state index in [4.69, 9.17) is 39.5 Å². The van der Waals surface area contributed by atoms with Gasteiger partial charge in [0.05, 0.1) is 27.1 Å². The van der Waals surface area contributed by atoms with Crippen LogP contribution in [-0.2, 0) is 21.4 Å². The first kappa shape index (κ1) is 27.9. The summed E-state index contributed by atoms with van der Waals surface area (Å²) in [5.74, 6) is -0.552. The Balaban J connectivity index is 0.000000233. The van der Waals surface area contributed by atoms with E-state index in [2.05, 4.69) is 14.3 Å². The van der Waals surface area contributed by atoms with Gasteiger partial charge in [0, 0.05) is 40.8 Å². The fraction of sp³-hybridized carbons (Fsp3) is 0.259. The van der Waals surface area contributed by atoms with Crippen molar-refractivity contribution >= 4 is 61.4 Å². The van der Waals surface area contributed by atoms with E-state index in [-0.39, 0.29) is 16.0 Å². The van der Waals surface area contributed by atoms with Crippen LogP contribution >= 0.6 is 34.8 Å². The number of sulfonamides is 1. The van der Waals surface area contributed by atoms with Crippen LogP contribution in [0.4, 0.5) is 5.69 Å². The molecule has 0 atom stereocenters. The number of aromatic nitrogens is 1. The molecule has 3 aromatic carbocycles. The average Bonchev–Trinajstić information content (AvgIpc) is 2.94. The molecule has 12 heteroatoms. The van der Waals surface area contributed by atoms with Crippen molar-refractivity contribution in [1.82, 2.24) is 9.29 Å². The number of anilines is 1. The van der Waals surface area contributed by atoms with E-state index in [9.17, 15) is 13.2 Å². The lowest BCUT2D eigenvalue weighted by Gasteiger charge is -2.41. The minimum absolute atomic E-state index is 0.168. The zero-order valence-corrected chi connectivity index (χ0v) is 23.7. The summed E-state index contributed by atoms with van der Waals surface area (Å²) in [6.07, 6.45) is 2.84. The van der Waals surface area contributed by atoms with E-state index in [0.29, 0.717) is 54.8 Å². The summed E-state index contributed by atoms with van der Waals surface area (Å²) < 4.78 is 37.7. The van der Waals surface area contributed by atoms with Gasteiger partial charge in [-0.25, -0.2) is 13.2 Å². The lowest BCUT2D eigenvalue weighted by atomic mass is 10.0. The van der Waals surface area contributed by atoms with E-state index in [1.165, 1.54) is 28.8 Å². The number of hydrogen-bond donors (Lipinski definition) is 0. The van der Waals surface area contributed by atoms with Gasteiger partial charge in [-0.15, -0.1) is 0 Å². The number of benzene rings is 3. The van der Waals surface area contributed by atoms with Crippen LogP contribution in [0.2, 0.25) is 15.1 Å². The highest BCUT2D eigenvalue weighted by atomic mass is 35.5. The topological polar surface area (TPSA) is 93.0 Å². The number of hydrogen-bond acceptors (Lipinski definition) is 7. The quantitative estimate of drug-likeness (QED) is 0.282. The maximum absolute atomic E-state index is 12.9. The van der Waals surface area contributed by atoms with Crippen molar-refractivity contribution in [2.75, 3.05) is 24.7 Å². The second-order valence-corrected chi connectivity index (χ2v) is 12.3. The van der Waals surface area contributed by atoms with Crippen molar-refractivity contribution in [2.24, 2.45) is 0 Å². The number of fused-ring (bicyclic) bond motifs is 2. The molecule has 204 valence electrons. The van der Waals surface area contributed by atoms with E-state index in [0.717, 1.165) is 16.6 Å². The standard InChI is InChI=1S/C19H19Cl3N2O3S.C8H5NO2/c20-14-1-4-19-13(9-14)11-27-12-24(19)15-5-7-23(8-6-15)28(25,26)16-2-3-17(21)18(22)10-16;10-8-9-7-4-2-1-3-6(7)5-11-8/h1-4,9-10,15H,5-8,11-12H2;1-5H. The predicted molar refractivity (Wildman–Crippen MR) is 152 cm³/mol. The molecule has 8 nitrogen and oxygen atoms in total. The number of para-hydroxylation sites is 1. The van der Waals surface area contributed by atoms with Crippen molar-refractivity contribution < 1.29 is 17.6 Å². The van der Waals surface area contributed by atoms with Crippen LogP contribution in [0.15, 0.2) is 81.0 Å². The van der Waals surface area contributed by atoms with Crippen LogP contribution in [0.25, 0.3) is 10.9 Å². The first-order valence-electron chi connectivity index (χ1n) is 12.1. The van der Waals surface area contributed by atoms with E-state index in [1.807, 2.05) is 36.4 Å². The fourth-order valence-corrected chi connectivity index (χ4v) is 6.74. The number of rotatable bonds is 3. The third kappa shape index (κ3) is 6.24. The van der Waals surface area contributed by atoms with Gasteiger partial charge in [0.25, 0.3) is 0 Å². The summed E-state index contributed by atoms with van der Waals surface area (Å²) in [4.78, 5) is 16.6. The van der Waals surface area contributed by atoms with Crippen molar-refractivity contribution in [1.29, 1.82) is 0 Å². The maximum atomic E-state index is 12.9. The molecule has 0 aliphatic carbocycles. The lowest BCUT2D eigenvalue weighted by Crippen LogP contribution is -2.48. The van der Waals surface area contributed by atoms with Crippen LogP contribution in [0.3, 0.4) is 0 Å². The molecule has 0 radical (unpaired) electrons. The summed E-state index contributed by atoms with van der Waals surface area (Å²) in [6, 6.07) is 17.7. The van der Waals surface area contributed by atoms with E-state index >= 15 is 0 Å². The normalized spacial score (nSPS) is 16.4. The van der Waals surface area contributed by atoms with Gasteiger partial charge in [-0.3, -0.25) is 0 Å². The van der Waals surface area contributed by atoms with Crippen LogP contribution < -0.4 is 10.7 Å². The molecule has 39 heavy (non-hydrogen) atoms. The zero-order valence-electron chi connectivity index (χ0n) is 20.6. The molecule has 4 aromatic rings. The van der Waals surface area contributed by atoms with Crippen LogP contribution in [0.1, 0.15) is 18.4 Å². The van der Waals surface area contributed by atoms with E-state index in [1.54, 1.807) is 6.07 Å². The monoisotopic (exact) mass is 607 g/mol. The third-order valence-electron chi connectivity index (χ3n) is 6.67. The summed E-state index contributed by atoms with van der Waals surface area (Å²) >= 11 is 18.0. The number of nitrogens with zero attached hydrogens (tertiary/aromatic N) is 3. The molecule has 0 unspecified atom stereocenters. The van der Waals surface area contributed by atoms with Crippen molar-refractivity contribution in [3.05, 3.63) is 98.1 Å². The van der Waals surface area contributed by atoms with Gasteiger partial charge in [-0.1, -0.05) is 46.9 Å². The van der Waals surface area contributed by atoms with Crippen LogP contribution in [0.5, 0.6) is 0 Å². The largest absolute Gasteiger partial charge is 0.439 e. The average molecular weight is 609 g/mol. The molecule has 0 bridgehead atoms. The Morgan fingerprint density at radius 1 is 0.923 bits per heavy atom. The van der Waals surface area contributed by atoms with Crippen molar-refractivity contribution in [3.8, 4) is 0 Å². The minimum Gasteiger partial charge on any atom is -0.416 e. The number of halogens is 3. The Bertz CT molecular complexity index is 1660. The molecular formula is C27H24Cl3N3O5S. The number of ether oxygens (including phenoxy) is 1. The molecule has 6 rings (SSSR count). The zero-order chi connectivity index (χ0) is 27.6. The Morgan fingerprint density at radius 3 is 2.46 bits per heavy atom. The van der Waals surface area contributed by atoms with Crippen LogP contribution in [0, 0.1) is 0 Å². The van der Waals surface area contributed by atoms with Gasteiger partial charge in [-0.05, 0) is 61.4 Å². The maximum Gasteiger partial charge on any atom is 0.439 e. The molecule has 2 aliphatic rings. The second kappa shape index (κ2) is 11.8. The summed E-state index contributed by atoms with van der Waals surface area (Å²) in [5, 5.41) is 2.10. The van der Waals surface area contributed by atoms with Gasteiger partial charge in [0.2, 0.25) is 10.0 Å². The van der Waals surface area contributed by atoms with Crippen molar-refractivity contribution in [3.63, 3.8) is 0 Å². The highest BCUT2D eigenvalue weighted by Crippen LogP contribution is 2.34. The van der Waals surface area contributed by atoms with Gasteiger partial charge >= 0.3 is 5.76 Å². The molecule has 2 aliphatic heterocycles. The second-order valence-electron chi connectivity index (χ2n) is 9.10. The first-order valence-corrected chi connectivity index (χ1v) is 14.7. The molecular weight excluding hydrogens is 585 g/mol. The molecule has 0 N–H and O–H groups in total. The Morgan fingerprint density at radius 2 is 1.69 bits per heavy atom. The Labute approximate surface area is 240 Å². The van der Waals surface area contributed by atoms with Gasteiger partial charge in [0.15, 0.2) is 0 Å². The molecule has 1 aromatic heterocycles. The van der Waals surface area contributed by atoms with Crippen LogP contribution in [-0.4, -0.2) is 43.6 Å². The fourth-order valence-electron chi connectivity index (χ4n) is 4.68. The summed E-state index contributed by atoms with van der Waals surface area (Å²) in [6.45, 7) is 1.91. The molecule has 3 heterocycles. The highest BCUT2D eigenvalue weighted by Gasteiger charge is 2.33. The predicted octanol–water partition coefficient (Wildman–Crippen LogP) is 5.98. The third-order valence-corrected chi connectivity index (χ3v) is 9.54. The van der Waals surface area contributed by atoms with Crippen molar-refractivity contribution in [2.45, 2.75) is 30.4 Å². The molecule has 0 saturated carbocycles. The smallest absolute Gasteiger partial charge is 0.416 e. The van der Waals surface area contributed by atoms with Gasteiger partial charge < -0.3 is 14.1 Å². The Kier molecular flexibility index (Phi) is 8.46. The molecule has 1 saturated heterocycles. The SMILES string of the molecule is O=S(=O)(c1ccc(Cl)c(Cl)c1)N1CCC(N2COCc3cc(Cl)ccc32)CC1.O=c1nc2ccccc2co1. The van der Waals surface area contributed by atoms with E-state index < -0.39 is 15.8 Å². The lowest BCUT2D eigenvalue weighted by molar-refractivity contribution is 0.0988. The number of piperidine rings is 1. The highest BCUT2D eigenvalue weighted by molar-refractivity contribution is 7.89. The molecule has 0 spiro atoms. The van der Waals surface area contributed by atoms with Gasteiger partial charge in [0.1, 0.15) is 13.0 Å². The summed E-state index contributed by atoms with van der Waals surface area (Å²) in [5.41, 5.74) is 2.84. The minimum atomic E-state index is -3.60. The molecule has 0 amide bonds. The molecule has 1 fully saturated rings. The first-order chi connectivity index (χ1) is 18.7.